The van der Waals surface area contributed by atoms with Gasteiger partial charge in [0.2, 0.25) is 10.0 Å². The molecule has 2 aliphatic rings. The van der Waals surface area contributed by atoms with E-state index in [2.05, 4.69) is 9.98 Å². The summed E-state index contributed by atoms with van der Waals surface area (Å²) in [4.78, 5) is 5.74. The first-order valence-corrected chi connectivity index (χ1v) is 9.47. The maximum absolute atomic E-state index is 13.8. The summed E-state index contributed by atoms with van der Waals surface area (Å²) < 4.78 is 167. The molecular weight excluding hydrogens is 403 g/mol. The van der Waals surface area contributed by atoms with Gasteiger partial charge in [-0.25, -0.2) is 18.4 Å². The molecule has 4 rings (SSSR count). The van der Waals surface area contributed by atoms with Gasteiger partial charge in [-0.3, -0.25) is 0 Å². The largest absolute Gasteiger partial charge is 0.417 e. The van der Waals surface area contributed by atoms with Crippen LogP contribution in [0.25, 0.3) is 0 Å². The minimum atomic E-state index is -5.40. The maximum Gasteiger partial charge on any atom is 0.417 e. The van der Waals surface area contributed by atoms with Crippen LogP contribution in [0, 0.1) is 18.7 Å². The molecular formula is C20H20F3N3O2S. The van der Waals surface area contributed by atoms with Gasteiger partial charge in [0.05, 0.1) is 23.3 Å². The number of aromatic nitrogens is 1. The summed E-state index contributed by atoms with van der Waals surface area (Å²) in [6.45, 7) is -2.13. The summed E-state index contributed by atoms with van der Waals surface area (Å²) in [5.41, 5.74) is -1.38. The molecule has 154 valence electrons. The number of hydrogen-bond acceptors (Lipinski definition) is 4. The summed E-state index contributed by atoms with van der Waals surface area (Å²) in [5, 5.41) is 0. The molecule has 4 atom stereocenters. The number of halogens is 3. The average Bonchev–Trinajstić information content (AvgIpc) is 3.30. The Hall–Kier alpha value is -2.26. The fourth-order valence-corrected chi connectivity index (χ4v) is 3.53. The molecule has 0 N–H and O–H groups in total. The van der Waals surface area contributed by atoms with Crippen LogP contribution in [0.3, 0.4) is 0 Å². The van der Waals surface area contributed by atoms with Crippen LogP contribution < -0.4 is 0 Å². The maximum atomic E-state index is 13.8. The Balaban J connectivity index is 2.06. The lowest BCUT2D eigenvalue weighted by Crippen LogP contribution is -2.45. The van der Waals surface area contributed by atoms with Crippen molar-refractivity contribution >= 4 is 22.0 Å². The molecule has 1 aliphatic carbocycles. The van der Waals surface area contributed by atoms with Gasteiger partial charge in [-0.1, -0.05) is 17.7 Å². The number of nitrogens with zero attached hydrogens (tertiary/aromatic N) is 3. The molecule has 1 saturated heterocycles. The molecule has 5 nitrogen and oxygen atoms in total. The molecule has 2 aromatic rings. The fourth-order valence-electron chi connectivity index (χ4n) is 2.29. The highest BCUT2D eigenvalue weighted by atomic mass is 32.2. The van der Waals surface area contributed by atoms with Crippen LogP contribution in [0.5, 0.6) is 0 Å². The monoisotopic (exact) mass is 435 g/mol. The zero-order valence-corrected chi connectivity index (χ0v) is 15.4. The van der Waals surface area contributed by atoms with Gasteiger partial charge in [0.1, 0.15) is 0 Å². The predicted molar refractivity (Wildman–Crippen MR) is 102 cm³/mol. The average molecular weight is 436 g/mol. The number of rotatable bonds is 4. The first-order valence-electron chi connectivity index (χ1n) is 14.1. The van der Waals surface area contributed by atoms with E-state index in [1.807, 2.05) is 0 Å². The second-order valence-electron chi connectivity index (χ2n) is 6.03. The van der Waals surface area contributed by atoms with Gasteiger partial charge in [0.15, 0.2) is 5.82 Å². The van der Waals surface area contributed by atoms with E-state index in [1.165, 1.54) is 12.1 Å². The number of fused-ring (bicyclic) bond motifs is 1. The summed E-state index contributed by atoms with van der Waals surface area (Å²) >= 11 is 0. The first-order chi connectivity index (χ1) is 18.4. The van der Waals surface area contributed by atoms with Crippen LogP contribution in [0.2, 0.25) is 0 Å². The van der Waals surface area contributed by atoms with Gasteiger partial charge in [-0.2, -0.15) is 17.5 Å². The first kappa shape index (κ1) is 10.2. The second-order valence-corrected chi connectivity index (χ2v) is 7.82. The zero-order valence-electron chi connectivity index (χ0n) is 26.6. The number of piperidine rings is 1. The molecule has 2 fully saturated rings. The minimum Gasteiger partial charge on any atom is -0.240 e. The highest BCUT2D eigenvalue weighted by Crippen LogP contribution is 2.48. The second kappa shape index (κ2) is 7.21. The van der Waals surface area contributed by atoms with Crippen LogP contribution in [-0.4, -0.2) is 36.4 Å². The van der Waals surface area contributed by atoms with Crippen LogP contribution in [0.15, 0.2) is 52.4 Å². The van der Waals surface area contributed by atoms with E-state index in [0.29, 0.717) is 5.56 Å². The number of sulfonamides is 1. The highest BCUT2D eigenvalue weighted by Gasteiger charge is 2.48. The van der Waals surface area contributed by atoms with Crippen molar-refractivity contribution in [3.05, 3.63) is 53.7 Å². The van der Waals surface area contributed by atoms with E-state index >= 15 is 0 Å². The van der Waals surface area contributed by atoms with Crippen molar-refractivity contribution in [3.8, 4) is 0 Å². The quantitative estimate of drug-likeness (QED) is 0.676. The molecule has 2 heterocycles. The van der Waals surface area contributed by atoms with E-state index in [9.17, 15) is 21.6 Å². The van der Waals surface area contributed by atoms with Crippen LogP contribution in [0.4, 0.5) is 19.0 Å². The Morgan fingerprint density at radius 3 is 2.76 bits per heavy atom. The van der Waals surface area contributed by atoms with Crippen LogP contribution in [-0.2, 0) is 16.2 Å². The van der Waals surface area contributed by atoms with Crippen molar-refractivity contribution < 1.29 is 38.0 Å². The van der Waals surface area contributed by atoms with Crippen molar-refractivity contribution in [2.24, 2.45) is 16.8 Å². The third-order valence-electron chi connectivity index (χ3n) is 3.86. The van der Waals surface area contributed by atoms with Gasteiger partial charge in [-0.15, -0.1) is 0 Å². The molecule has 1 aliphatic heterocycles. The molecule has 1 aromatic carbocycles. The minimum absolute atomic E-state index is 0.491. The molecule has 0 radical (unpaired) electrons. The Morgan fingerprint density at radius 2 is 2.07 bits per heavy atom. The topological polar surface area (TPSA) is 62.6 Å². The summed E-state index contributed by atoms with van der Waals surface area (Å²) in [5.74, 6) is -7.54. The van der Waals surface area contributed by atoms with E-state index in [1.54, 1.807) is 6.92 Å². The smallest absolute Gasteiger partial charge is 0.240 e. The van der Waals surface area contributed by atoms with Gasteiger partial charge in [0.25, 0.3) is 0 Å². The van der Waals surface area contributed by atoms with Crippen molar-refractivity contribution in [2.45, 2.75) is 36.8 Å². The number of pyridine rings is 1. The lowest BCUT2D eigenvalue weighted by Gasteiger charge is -2.32. The SMILES string of the molecule is [2H]C(=Nc1nc([2H])c(C(F)(F)F)c([2H])c1[2H])[C@@]1([2H])N(S(=O)(=O)c2ccc(C)cc2)C([2H])([2H])[C@]2([2H])C([2H])[C@]2([2H])C1([2H])[2H]. The number of hydrogen-bond donors (Lipinski definition) is 0. The Bertz CT molecular complexity index is 1590. The van der Waals surface area contributed by atoms with Crippen LogP contribution in [0.1, 0.15) is 40.3 Å². The number of aliphatic imine (C=N–C) groups is 1. The molecule has 1 aromatic heterocycles. The highest BCUT2D eigenvalue weighted by molar-refractivity contribution is 7.89. The molecule has 1 unspecified atom stereocenters. The van der Waals surface area contributed by atoms with E-state index in [-0.39, 0.29) is 0 Å². The Morgan fingerprint density at radius 1 is 1.34 bits per heavy atom. The molecule has 0 amide bonds. The number of alkyl halides is 3. The summed E-state index contributed by atoms with van der Waals surface area (Å²) in [7, 11) is -5.40. The summed E-state index contributed by atoms with van der Waals surface area (Å²) in [6, 6.07) is -2.44. The molecule has 9 heteroatoms. The molecule has 0 spiro atoms. The van der Waals surface area contributed by atoms with E-state index < -0.39 is 98.3 Å². The normalized spacial score (nSPS) is 45.1. The lowest BCUT2D eigenvalue weighted by molar-refractivity contribution is -0.137. The van der Waals surface area contributed by atoms with Crippen molar-refractivity contribution in [1.29, 1.82) is 0 Å². The van der Waals surface area contributed by atoms with Gasteiger partial charge in [-0.05, 0) is 55.7 Å². The standard InChI is InChI=1S/C20H20F3N3O2S/c1-13-2-5-18(6-3-13)29(27,28)26-12-15-8-14(15)9-17(26)11-25-19-7-4-16(10-24-19)20(21,22)23/h2-7,10-11,14-15,17H,8-9,12H2,1H3/t14-,15+,17+/m1/s1/i4D,7D,8D,9D2,10D,11D,12D2,14D,15D,17D/t8?,14-,15+,17+. The number of benzene rings is 1. The van der Waals surface area contributed by atoms with E-state index in [0.717, 1.165) is 12.1 Å². The van der Waals surface area contributed by atoms with Gasteiger partial charge in [0, 0.05) is 28.5 Å². The van der Waals surface area contributed by atoms with Gasteiger partial charge < -0.3 is 0 Å². The molecule has 0 bridgehead atoms. The van der Waals surface area contributed by atoms with Crippen molar-refractivity contribution in [3.63, 3.8) is 0 Å². The van der Waals surface area contributed by atoms with Crippen molar-refractivity contribution in [2.75, 3.05) is 6.50 Å². The fraction of sp³-hybridized carbons (Fsp3) is 0.400. The predicted octanol–water partition coefficient (Wildman–Crippen LogP) is 4.21. The third kappa shape index (κ3) is 4.20. The Labute approximate surface area is 184 Å². The zero-order chi connectivity index (χ0) is 31.5. The van der Waals surface area contributed by atoms with Crippen LogP contribution >= 0.6 is 0 Å². The lowest BCUT2D eigenvalue weighted by atomic mass is 10.1. The summed E-state index contributed by atoms with van der Waals surface area (Å²) in [6.07, 6.45) is -14.7. The van der Waals surface area contributed by atoms with Crippen molar-refractivity contribution in [1.82, 2.24) is 9.29 Å². The van der Waals surface area contributed by atoms with E-state index in [4.69, 9.17) is 16.4 Å². The Kier molecular flexibility index (Phi) is 2.53. The molecule has 1 saturated carbocycles. The molecule has 29 heavy (non-hydrogen) atoms. The van der Waals surface area contributed by atoms with Gasteiger partial charge >= 0.3 is 6.18 Å². The third-order valence-corrected chi connectivity index (χ3v) is 5.48. The number of aryl methyl sites for hydroxylation is 1.